The molecule has 19 heteroatoms. The maximum atomic E-state index is 13.2. The van der Waals surface area contributed by atoms with Crippen molar-refractivity contribution < 1.29 is 80.2 Å². The number of esters is 4. The van der Waals surface area contributed by atoms with Crippen LogP contribution in [0.3, 0.4) is 0 Å². The van der Waals surface area contributed by atoms with E-state index in [1.54, 1.807) is 0 Å². The summed E-state index contributed by atoms with van der Waals surface area (Å²) in [7, 11) is -9.94. The zero-order valence-electron chi connectivity index (χ0n) is 69.2. The predicted octanol–water partition coefficient (Wildman–Crippen LogP) is 26.2. The van der Waals surface area contributed by atoms with Gasteiger partial charge in [0.05, 0.1) is 26.4 Å². The van der Waals surface area contributed by atoms with Crippen LogP contribution < -0.4 is 0 Å². The molecule has 0 aromatic heterocycles. The third-order valence-electron chi connectivity index (χ3n) is 20.6. The van der Waals surface area contributed by atoms with E-state index in [2.05, 4.69) is 65.8 Å². The van der Waals surface area contributed by atoms with Crippen molar-refractivity contribution >= 4 is 39.5 Å². The van der Waals surface area contributed by atoms with E-state index >= 15 is 0 Å². The summed E-state index contributed by atoms with van der Waals surface area (Å²) in [4.78, 5) is 73.2. The van der Waals surface area contributed by atoms with Crippen molar-refractivity contribution in [1.29, 1.82) is 0 Å². The molecule has 4 unspecified atom stereocenters. The fourth-order valence-corrected chi connectivity index (χ4v) is 14.6. The molecule has 7 atom stereocenters. The molecule has 0 aliphatic rings. The maximum Gasteiger partial charge on any atom is 0.472 e. The molecule has 0 heterocycles. The summed E-state index contributed by atoms with van der Waals surface area (Å²) in [6.07, 6.45) is 72.9. The Bertz CT molecular complexity index is 2130. The van der Waals surface area contributed by atoms with Crippen molar-refractivity contribution in [2.24, 2.45) is 11.8 Å². The molecule has 0 spiro atoms. The van der Waals surface area contributed by atoms with Crippen LogP contribution in [0.2, 0.25) is 0 Å². The first-order valence-corrected chi connectivity index (χ1v) is 47.4. The highest BCUT2D eigenvalue weighted by atomic mass is 31.2. The van der Waals surface area contributed by atoms with Crippen molar-refractivity contribution in [3.8, 4) is 0 Å². The molecule has 0 aromatic rings. The molecule has 0 bridgehead atoms. The normalized spacial score (nSPS) is 14.5. The van der Waals surface area contributed by atoms with Crippen LogP contribution in [0.15, 0.2) is 24.3 Å². The summed E-state index contributed by atoms with van der Waals surface area (Å²) >= 11 is 0. The minimum absolute atomic E-state index is 0.0849. The topological polar surface area (TPSA) is 237 Å². The first-order valence-electron chi connectivity index (χ1n) is 44.4. The summed E-state index contributed by atoms with van der Waals surface area (Å²) in [6.45, 7) is 9.67. The number of aliphatic hydroxyl groups excluding tert-OH is 1. The number of hydrogen-bond donors (Lipinski definition) is 3. The van der Waals surface area contributed by atoms with E-state index in [9.17, 15) is 43.2 Å². The summed E-state index contributed by atoms with van der Waals surface area (Å²) in [5.74, 6) is -0.487. The lowest BCUT2D eigenvalue weighted by atomic mass is 9.99. The largest absolute Gasteiger partial charge is 0.472 e. The van der Waals surface area contributed by atoms with Gasteiger partial charge in [-0.15, -0.1) is 0 Å². The third-order valence-corrected chi connectivity index (χ3v) is 22.5. The van der Waals surface area contributed by atoms with Gasteiger partial charge < -0.3 is 33.8 Å². The van der Waals surface area contributed by atoms with Gasteiger partial charge in [0.1, 0.15) is 19.3 Å². The van der Waals surface area contributed by atoms with Crippen molar-refractivity contribution in [2.45, 2.75) is 458 Å². The Morgan fingerprint density at radius 3 is 0.802 bits per heavy atom. The molecule has 0 radical (unpaired) electrons. The quantitative estimate of drug-likeness (QED) is 0.0169. The van der Waals surface area contributed by atoms with Crippen molar-refractivity contribution in [1.82, 2.24) is 0 Å². The summed E-state index contributed by atoms with van der Waals surface area (Å²) in [6, 6.07) is 0. The van der Waals surface area contributed by atoms with Gasteiger partial charge in [-0.3, -0.25) is 37.3 Å². The molecule has 0 rings (SSSR count). The standard InChI is InChI=1S/C87H166O17P2/c1-7-11-13-15-17-19-21-23-25-28-33-36-40-44-51-57-63-69-84(89)97-75-82(103-86(91)72-66-60-54-46-42-38-34-30-27-26-29-32-35-39-43-49-55-61-67-79(5)9-3)77-101-105(93,94)99-73-81(88)74-100-106(95,96)102-78-83(76-98-85(90)70-64-58-52-48-47-50-56-62-68-80(6)10-4)104-87(92)71-65-59-53-45-41-37-31-24-22-20-18-16-14-12-8-2/h20,22,24,31,79-83,88H,7-19,21,23,25-30,32-78H2,1-6H3,(H,93,94)(H,95,96)/b22-20-,31-24-/t79?,80?,81-,82-,83-/m1/s1. The van der Waals surface area contributed by atoms with Crippen LogP contribution in [0.1, 0.15) is 440 Å². The van der Waals surface area contributed by atoms with E-state index in [0.29, 0.717) is 25.7 Å². The minimum atomic E-state index is -4.97. The van der Waals surface area contributed by atoms with Crippen LogP contribution in [-0.2, 0) is 65.4 Å². The van der Waals surface area contributed by atoms with Crippen LogP contribution >= 0.6 is 15.6 Å². The lowest BCUT2D eigenvalue weighted by Gasteiger charge is -2.21. The van der Waals surface area contributed by atoms with Gasteiger partial charge in [0.15, 0.2) is 12.2 Å². The Labute approximate surface area is 650 Å². The first-order chi connectivity index (χ1) is 51.4. The summed E-state index contributed by atoms with van der Waals surface area (Å²) in [5, 5.41) is 10.7. The van der Waals surface area contributed by atoms with Crippen molar-refractivity contribution in [3.63, 3.8) is 0 Å². The molecule has 106 heavy (non-hydrogen) atoms. The fraction of sp³-hybridized carbons (Fsp3) is 0.908. The third kappa shape index (κ3) is 76.9. The van der Waals surface area contributed by atoms with Gasteiger partial charge in [-0.25, -0.2) is 9.13 Å². The first kappa shape index (κ1) is 104. The second-order valence-corrected chi connectivity index (χ2v) is 34.0. The molecular weight excluding hydrogens is 1380 g/mol. The number of hydrogen-bond acceptors (Lipinski definition) is 15. The lowest BCUT2D eigenvalue weighted by molar-refractivity contribution is -0.161. The van der Waals surface area contributed by atoms with Gasteiger partial charge in [-0.1, -0.05) is 387 Å². The van der Waals surface area contributed by atoms with Crippen LogP contribution in [0.5, 0.6) is 0 Å². The smallest absolute Gasteiger partial charge is 0.462 e. The average Bonchev–Trinajstić information content (AvgIpc) is 0.902. The van der Waals surface area contributed by atoms with E-state index in [1.165, 1.54) is 244 Å². The summed E-state index contributed by atoms with van der Waals surface area (Å²) < 4.78 is 68.9. The number of allylic oxidation sites excluding steroid dienone is 4. The number of phosphoric acid groups is 2. The van der Waals surface area contributed by atoms with Crippen molar-refractivity contribution in [2.75, 3.05) is 39.6 Å². The number of aliphatic hydroxyl groups is 1. The van der Waals surface area contributed by atoms with E-state index < -0.39 is 97.5 Å². The number of unbranched alkanes of at least 4 members (excludes halogenated alkanes) is 49. The monoisotopic (exact) mass is 1550 g/mol. The molecule has 0 aromatic carbocycles. The molecule has 626 valence electrons. The fourth-order valence-electron chi connectivity index (χ4n) is 13.0. The molecule has 0 saturated heterocycles. The van der Waals surface area contributed by atoms with Gasteiger partial charge in [-0.05, 0) is 63.2 Å². The molecule has 3 N–H and O–H groups in total. The number of phosphoric ester groups is 2. The van der Waals surface area contributed by atoms with Crippen LogP contribution in [-0.4, -0.2) is 96.7 Å². The SMILES string of the molecule is CCCCCC/C=C\C=C/CCCCCCCC(=O)O[C@H](COC(=O)CCCCCCCCCCC(C)CC)COP(=O)(O)OC[C@H](O)COP(=O)(O)OC[C@@H](COC(=O)CCCCCCCCCCCCCCCCCCC)OC(=O)CCCCCCCCCCCCCCCCCCCCC(C)CC. The van der Waals surface area contributed by atoms with Crippen LogP contribution in [0, 0.1) is 11.8 Å². The van der Waals surface area contributed by atoms with E-state index in [1.807, 2.05) is 0 Å². The Morgan fingerprint density at radius 1 is 0.302 bits per heavy atom. The summed E-state index contributed by atoms with van der Waals surface area (Å²) in [5.41, 5.74) is 0. The van der Waals surface area contributed by atoms with Gasteiger partial charge >= 0.3 is 39.5 Å². The van der Waals surface area contributed by atoms with E-state index in [0.717, 1.165) is 115 Å². The maximum absolute atomic E-state index is 13.2. The van der Waals surface area contributed by atoms with Crippen molar-refractivity contribution in [3.05, 3.63) is 24.3 Å². The molecule has 0 fully saturated rings. The second kappa shape index (κ2) is 77.8. The predicted molar refractivity (Wildman–Crippen MR) is 437 cm³/mol. The van der Waals surface area contributed by atoms with Crippen LogP contribution in [0.4, 0.5) is 0 Å². The molecule has 0 aliphatic carbocycles. The Morgan fingerprint density at radius 2 is 0.528 bits per heavy atom. The molecule has 0 amide bonds. The second-order valence-electron chi connectivity index (χ2n) is 31.1. The number of ether oxygens (including phenoxy) is 4. The van der Waals surface area contributed by atoms with Gasteiger partial charge in [0.2, 0.25) is 0 Å². The number of rotatable bonds is 84. The minimum Gasteiger partial charge on any atom is -0.462 e. The Kier molecular flexibility index (Phi) is 76.0. The highest BCUT2D eigenvalue weighted by molar-refractivity contribution is 7.47. The molecule has 17 nitrogen and oxygen atoms in total. The number of carbonyl (C=O) groups excluding carboxylic acids is 4. The van der Waals surface area contributed by atoms with E-state index in [-0.39, 0.29) is 25.7 Å². The number of carbonyl (C=O) groups is 4. The lowest BCUT2D eigenvalue weighted by Crippen LogP contribution is -2.30. The average molecular weight is 1550 g/mol. The molecule has 0 saturated carbocycles. The Balaban J connectivity index is 5.28. The van der Waals surface area contributed by atoms with Gasteiger partial charge in [0.25, 0.3) is 0 Å². The zero-order valence-corrected chi connectivity index (χ0v) is 71.0. The van der Waals surface area contributed by atoms with E-state index in [4.69, 9.17) is 37.0 Å². The molecular formula is C87H166O17P2. The Hall–Kier alpha value is -2.46. The van der Waals surface area contributed by atoms with Gasteiger partial charge in [-0.2, -0.15) is 0 Å². The highest BCUT2D eigenvalue weighted by Gasteiger charge is 2.30. The highest BCUT2D eigenvalue weighted by Crippen LogP contribution is 2.45. The van der Waals surface area contributed by atoms with Gasteiger partial charge in [0, 0.05) is 25.7 Å². The zero-order chi connectivity index (χ0) is 77.8. The van der Waals surface area contributed by atoms with Crippen LogP contribution in [0.25, 0.3) is 0 Å². The molecule has 0 aliphatic heterocycles.